The molecule has 0 fully saturated rings. The minimum absolute atomic E-state index is 0.0105. The van der Waals surface area contributed by atoms with Crippen molar-refractivity contribution >= 4 is 35.2 Å². The van der Waals surface area contributed by atoms with E-state index in [1.165, 1.54) is 30.0 Å². The zero-order valence-corrected chi connectivity index (χ0v) is 13.3. The van der Waals surface area contributed by atoms with E-state index in [1.54, 1.807) is 0 Å². The SMILES string of the molecule is CC(C)CC(NC(=O)CSc1ccc(F)c(Cl)c1)C(=O)O. The van der Waals surface area contributed by atoms with Crippen LogP contribution in [-0.2, 0) is 9.59 Å². The van der Waals surface area contributed by atoms with Gasteiger partial charge in [0.25, 0.3) is 0 Å². The maximum absolute atomic E-state index is 13.0. The van der Waals surface area contributed by atoms with Crippen LogP contribution in [0.3, 0.4) is 0 Å². The minimum atomic E-state index is -1.05. The minimum Gasteiger partial charge on any atom is -0.480 e. The number of nitrogens with one attached hydrogen (secondary N) is 1. The topological polar surface area (TPSA) is 66.4 Å². The van der Waals surface area contributed by atoms with E-state index in [0.717, 1.165) is 0 Å². The standard InChI is InChI=1S/C14H17ClFNO3S/c1-8(2)5-12(14(19)20)17-13(18)7-21-9-3-4-11(16)10(15)6-9/h3-4,6,8,12H,5,7H2,1-2H3,(H,17,18)(H,19,20). The van der Waals surface area contributed by atoms with E-state index in [-0.39, 0.29) is 22.6 Å². The molecule has 116 valence electrons. The van der Waals surface area contributed by atoms with Gasteiger partial charge >= 0.3 is 5.97 Å². The summed E-state index contributed by atoms with van der Waals surface area (Å²) >= 11 is 6.81. The Bertz CT molecular complexity index is 525. The van der Waals surface area contributed by atoms with Crippen LogP contribution in [0.1, 0.15) is 20.3 Å². The second kappa shape index (κ2) is 8.24. The summed E-state index contributed by atoms with van der Waals surface area (Å²) in [6.07, 6.45) is 0.369. The van der Waals surface area contributed by atoms with Gasteiger partial charge in [0, 0.05) is 4.90 Å². The fraction of sp³-hybridized carbons (Fsp3) is 0.429. The first-order valence-electron chi connectivity index (χ1n) is 6.39. The first kappa shape index (κ1) is 17.8. The van der Waals surface area contributed by atoms with Gasteiger partial charge < -0.3 is 10.4 Å². The molecule has 0 aliphatic rings. The molecule has 7 heteroatoms. The molecule has 0 aliphatic carbocycles. The Morgan fingerprint density at radius 2 is 2.10 bits per heavy atom. The summed E-state index contributed by atoms with van der Waals surface area (Å²) in [7, 11) is 0. The third kappa shape index (κ3) is 6.35. The first-order valence-corrected chi connectivity index (χ1v) is 7.76. The van der Waals surface area contributed by atoms with Crippen LogP contribution in [0.2, 0.25) is 5.02 Å². The van der Waals surface area contributed by atoms with Gasteiger partial charge in [-0.05, 0) is 30.5 Å². The summed E-state index contributed by atoms with van der Waals surface area (Å²) < 4.78 is 13.0. The van der Waals surface area contributed by atoms with Crippen LogP contribution in [-0.4, -0.2) is 28.8 Å². The van der Waals surface area contributed by atoms with Gasteiger partial charge in [0.2, 0.25) is 5.91 Å². The molecular formula is C14H17ClFNO3S. The lowest BCUT2D eigenvalue weighted by molar-refractivity contribution is -0.141. The molecular weight excluding hydrogens is 317 g/mol. The lowest BCUT2D eigenvalue weighted by atomic mass is 10.0. The molecule has 0 saturated carbocycles. The van der Waals surface area contributed by atoms with Gasteiger partial charge in [0.1, 0.15) is 11.9 Å². The Hall–Kier alpha value is -1.27. The molecule has 1 rings (SSSR count). The second-order valence-electron chi connectivity index (χ2n) is 4.95. The van der Waals surface area contributed by atoms with E-state index >= 15 is 0 Å². The number of carbonyl (C=O) groups excluding carboxylic acids is 1. The van der Waals surface area contributed by atoms with E-state index in [2.05, 4.69) is 5.32 Å². The molecule has 4 nitrogen and oxygen atoms in total. The molecule has 0 spiro atoms. The van der Waals surface area contributed by atoms with Crippen molar-refractivity contribution in [3.63, 3.8) is 0 Å². The Balaban J connectivity index is 2.52. The van der Waals surface area contributed by atoms with Crippen molar-refractivity contribution in [2.75, 3.05) is 5.75 Å². The predicted octanol–water partition coefficient (Wildman–Crippen LogP) is 3.19. The molecule has 2 N–H and O–H groups in total. The fourth-order valence-electron chi connectivity index (χ4n) is 1.64. The predicted molar refractivity (Wildman–Crippen MR) is 81.2 cm³/mol. The highest BCUT2D eigenvalue weighted by Gasteiger charge is 2.20. The van der Waals surface area contributed by atoms with Crippen molar-refractivity contribution in [1.29, 1.82) is 0 Å². The zero-order chi connectivity index (χ0) is 16.0. The molecule has 0 radical (unpaired) electrons. The first-order chi connectivity index (χ1) is 9.79. The number of rotatable bonds is 7. The van der Waals surface area contributed by atoms with Crippen molar-refractivity contribution < 1.29 is 19.1 Å². The molecule has 1 unspecified atom stereocenters. The molecule has 21 heavy (non-hydrogen) atoms. The van der Waals surface area contributed by atoms with Gasteiger partial charge in [-0.2, -0.15) is 0 Å². The van der Waals surface area contributed by atoms with Crippen molar-refractivity contribution in [2.45, 2.75) is 31.2 Å². The van der Waals surface area contributed by atoms with Crippen LogP contribution in [0.15, 0.2) is 23.1 Å². The number of carboxylic acid groups (broad SMARTS) is 1. The Morgan fingerprint density at radius 3 is 2.62 bits per heavy atom. The monoisotopic (exact) mass is 333 g/mol. The van der Waals surface area contributed by atoms with Crippen molar-refractivity contribution in [3.8, 4) is 0 Å². The largest absolute Gasteiger partial charge is 0.480 e. The van der Waals surface area contributed by atoms with E-state index in [4.69, 9.17) is 16.7 Å². The van der Waals surface area contributed by atoms with Crippen LogP contribution in [0.5, 0.6) is 0 Å². The van der Waals surface area contributed by atoms with Crippen LogP contribution >= 0.6 is 23.4 Å². The summed E-state index contributed by atoms with van der Waals surface area (Å²) in [5.74, 6) is -1.74. The zero-order valence-electron chi connectivity index (χ0n) is 11.7. The number of hydrogen-bond acceptors (Lipinski definition) is 3. The number of amides is 1. The van der Waals surface area contributed by atoms with Crippen LogP contribution < -0.4 is 5.32 Å². The van der Waals surface area contributed by atoms with Crippen molar-refractivity contribution in [3.05, 3.63) is 29.0 Å². The normalized spacial score (nSPS) is 12.2. The van der Waals surface area contributed by atoms with E-state index in [1.807, 2.05) is 13.8 Å². The lowest BCUT2D eigenvalue weighted by Gasteiger charge is -2.16. The molecule has 0 saturated heterocycles. The number of benzene rings is 1. The van der Waals surface area contributed by atoms with Gasteiger partial charge in [-0.15, -0.1) is 11.8 Å². The number of aliphatic carboxylic acids is 1. The molecule has 1 aromatic rings. The van der Waals surface area contributed by atoms with E-state index in [0.29, 0.717) is 11.3 Å². The number of carbonyl (C=O) groups is 2. The number of carboxylic acids is 1. The van der Waals surface area contributed by atoms with Gasteiger partial charge in [-0.3, -0.25) is 4.79 Å². The smallest absolute Gasteiger partial charge is 0.326 e. The van der Waals surface area contributed by atoms with E-state index in [9.17, 15) is 14.0 Å². The van der Waals surface area contributed by atoms with Crippen LogP contribution in [0.25, 0.3) is 0 Å². The summed E-state index contributed by atoms with van der Waals surface area (Å²) in [6, 6.07) is 3.27. The van der Waals surface area contributed by atoms with Gasteiger partial charge in [0.05, 0.1) is 10.8 Å². The highest BCUT2D eigenvalue weighted by Crippen LogP contribution is 2.23. The number of halogens is 2. The van der Waals surface area contributed by atoms with Crippen molar-refractivity contribution in [2.24, 2.45) is 5.92 Å². The fourth-order valence-corrected chi connectivity index (χ4v) is 2.64. The van der Waals surface area contributed by atoms with Crippen LogP contribution in [0, 0.1) is 11.7 Å². The molecule has 0 aliphatic heterocycles. The Labute approximate surface area is 132 Å². The molecule has 0 heterocycles. The molecule has 0 aromatic heterocycles. The highest BCUT2D eigenvalue weighted by molar-refractivity contribution is 8.00. The lowest BCUT2D eigenvalue weighted by Crippen LogP contribution is -2.42. The summed E-state index contributed by atoms with van der Waals surface area (Å²) in [5, 5.41) is 11.5. The summed E-state index contributed by atoms with van der Waals surface area (Å²) in [4.78, 5) is 23.5. The maximum atomic E-state index is 13.0. The van der Waals surface area contributed by atoms with E-state index < -0.39 is 17.8 Å². The van der Waals surface area contributed by atoms with Gasteiger partial charge in [-0.25, -0.2) is 9.18 Å². The molecule has 1 aromatic carbocycles. The molecule has 1 atom stereocenters. The van der Waals surface area contributed by atoms with Gasteiger partial charge in [0.15, 0.2) is 0 Å². The average Bonchev–Trinajstić information content (AvgIpc) is 2.38. The maximum Gasteiger partial charge on any atom is 0.326 e. The Morgan fingerprint density at radius 1 is 1.43 bits per heavy atom. The highest BCUT2D eigenvalue weighted by atomic mass is 35.5. The number of thioether (sulfide) groups is 1. The quantitative estimate of drug-likeness (QED) is 0.752. The van der Waals surface area contributed by atoms with Crippen LogP contribution in [0.4, 0.5) is 4.39 Å². The summed E-state index contributed by atoms with van der Waals surface area (Å²) in [6.45, 7) is 3.77. The molecule has 0 bridgehead atoms. The molecule has 1 amide bonds. The Kier molecular flexibility index (Phi) is 6.98. The van der Waals surface area contributed by atoms with Gasteiger partial charge in [-0.1, -0.05) is 25.4 Å². The average molecular weight is 334 g/mol. The summed E-state index contributed by atoms with van der Waals surface area (Å²) in [5.41, 5.74) is 0. The number of hydrogen-bond donors (Lipinski definition) is 2. The third-order valence-electron chi connectivity index (χ3n) is 2.60. The second-order valence-corrected chi connectivity index (χ2v) is 6.41. The van der Waals surface area contributed by atoms with Crippen molar-refractivity contribution in [1.82, 2.24) is 5.32 Å². The third-order valence-corrected chi connectivity index (χ3v) is 3.88.